The second-order valence-electron chi connectivity index (χ2n) is 6.67. The Morgan fingerprint density at radius 1 is 1.22 bits per heavy atom. The van der Waals surface area contributed by atoms with E-state index in [4.69, 9.17) is 4.52 Å². The van der Waals surface area contributed by atoms with Gasteiger partial charge in [-0.2, -0.15) is 0 Å². The minimum absolute atomic E-state index is 0.123. The van der Waals surface area contributed by atoms with Crippen molar-refractivity contribution in [3.63, 3.8) is 0 Å². The van der Waals surface area contributed by atoms with Gasteiger partial charge in [-0.25, -0.2) is 0 Å². The zero-order valence-electron chi connectivity index (χ0n) is 15.6. The Bertz CT molecular complexity index is 784. The van der Waals surface area contributed by atoms with Crippen LogP contribution in [0.4, 0.5) is 0 Å². The summed E-state index contributed by atoms with van der Waals surface area (Å²) in [6, 6.07) is 9.36. The molecule has 0 aliphatic carbocycles. The number of aryl methyl sites for hydroxylation is 1. The Labute approximate surface area is 163 Å². The van der Waals surface area contributed by atoms with Gasteiger partial charge in [0, 0.05) is 37.0 Å². The maximum absolute atomic E-state index is 12.6. The lowest BCUT2D eigenvalue weighted by Crippen LogP contribution is -2.37. The van der Waals surface area contributed by atoms with Gasteiger partial charge in [0.15, 0.2) is 0 Å². The molecule has 27 heavy (non-hydrogen) atoms. The fourth-order valence-corrected chi connectivity index (χ4v) is 4.02. The maximum atomic E-state index is 12.6. The topological polar surface area (TPSA) is 75.4 Å². The molecular formula is C20H25N3O3S. The average Bonchev–Trinajstić information content (AvgIpc) is 3.12. The van der Waals surface area contributed by atoms with Gasteiger partial charge in [-0.05, 0) is 38.3 Å². The number of benzene rings is 1. The molecule has 1 saturated heterocycles. The molecule has 0 radical (unpaired) electrons. The molecule has 0 atom stereocenters. The highest BCUT2D eigenvalue weighted by Crippen LogP contribution is 2.26. The van der Waals surface area contributed by atoms with E-state index in [1.54, 1.807) is 6.07 Å². The number of nitrogens with zero attached hydrogens (tertiary/aromatic N) is 2. The van der Waals surface area contributed by atoms with Crippen molar-refractivity contribution in [1.82, 2.24) is 15.4 Å². The molecule has 0 saturated carbocycles. The lowest BCUT2D eigenvalue weighted by atomic mass is 10.1. The molecule has 1 aliphatic rings. The number of rotatable bonds is 7. The van der Waals surface area contributed by atoms with Gasteiger partial charge in [0.05, 0.1) is 17.0 Å². The van der Waals surface area contributed by atoms with E-state index < -0.39 is 0 Å². The summed E-state index contributed by atoms with van der Waals surface area (Å²) in [6.07, 6.45) is 3.70. The standard InChI is InChI=1S/C20H25N3O3S/c1-15-13-16(26-22-15)14-27-18-8-4-3-7-17(18)20(25)21-10-9-19(24)23-11-5-2-6-12-23/h3-4,7-8,13H,2,5-6,9-12,14H2,1H3,(H,21,25). The number of thioether (sulfide) groups is 1. The number of likely N-dealkylation sites (tertiary alicyclic amines) is 1. The highest BCUT2D eigenvalue weighted by molar-refractivity contribution is 7.98. The second-order valence-corrected chi connectivity index (χ2v) is 7.68. The summed E-state index contributed by atoms with van der Waals surface area (Å²) < 4.78 is 5.22. The Morgan fingerprint density at radius 2 is 2.00 bits per heavy atom. The molecule has 0 bridgehead atoms. The van der Waals surface area contributed by atoms with Crippen LogP contribution < -0.4 is 5.32 Å². The first-order valence-electron chi connectivity index (χ1n) is 9.33. The van der Waals surface area contributed by atoms with Gasteiger partial charge in [-0.3, -0.25) is 9.59 Å². The van der Waals surface area contributed by atoms with Crippen LogP contribution in [0.25, 0.3) is 0 Å². The first kappa shape index (κ1) is 19.5. The lowest BCUT2D eigenvalue weighted by Gasteiger charge is -2.26. The quantitative estimate of drug-likeness (QED) is 0.737. The van der Waals surface area contributed by atoms with Crippen molar-refractivity contribution in [3.05, 3.63) is 47.3 Å². The van der Waals surface area contributed by atoms with Gasteiger partial charge in [-0.1, -0.05) is 17.3 Å². The molecule has 1 aliphatic heterocycles. The van der Waals surface area contributed by atoms with E-state index in [9.17, 15) is 9.59 Å². The number of amides is 2. The van der Waals surface area contributed by atoms with Crippen molar-refractivity contribution < 1.29 is 14.1 Å². The summed E-state index contributed by atoms with van der Waals surface area (Å²) >= 11 is 1.53. The van der Waals surface area contributed by atoms with Gasteiger partial charge >= 0.3 is 0 Å². The number of carbonyl (C=O) groups excluding carboxylic acids is 2. The van der Waals surface area contributed by atoms with Crippen LogP contribution in [-0.2, 0) is 10.5 Å². The molecule has 2 amide bonds. The number of carbonyl (C=O) groups is 2. The summed E-state index contributed by atoms with van der Waals surface area (Å²) in [5.41, 5.74) is 1.46. The van der Waals surface area contributed by atoms with Crippen LogP contribution in [0.1, 0.15) is 47.5 Å². The lowest BCUT2D eigenvalue weighted by molar-refractivity contribution is -0.131. The molecule has 6 nitrogen and oxygen atoms in total. The Morgan fingerprint density at radius 3 is 2.74 bits per heavy atom. The van der Waals surface area contributed by atoms with E-state index in [0.717, 1.165) is 42.3 Å². The SMILES string of the molecule is Cc1cc(CSc2ccccc2C(=O)NCCC(=O)N2CCCCC2)on1. The molecule has 0 spiro atoms. The summed E-state index contributed by atoms with van der Waals surface area (Å²) in [7, 11) is 0. The first-order chi connectivity index (χ1) is 13.1. The van der Waals surface area contributed by atoms with Gasteiger partial charge < -0.3 is 14.7 Å². The third-order valence-corrected chi connectivity index (χ3v) is 5.61. The number of aromatic nitrogens is 1. The Kier molecular flexibility index (Phi) is 6.92. The summed E-state index contributed by atoms with van der Waals surface area (Å²) in [5, 5.41) is 6.75. The fraction of sp³-hybridized carbons (Fsp3) is 0.450. The third kappa shape index (κ3) is 5.60. The zero-order chi connectivity index (χ0) is 19.1. The number of hydrogen-bond acceptors (Lipinski definition) is 5. The molecule has 2 aromatic rings. The predicted octanol–water partition coefficient (Wildman–Crippen LogP) is 3.41. The molecule has 144 valence electrons. The highest BCUT2D eigenvalue weighted by Gasteiger charge is 2.17. The number of piperidine rings is 1. The van der Waals surface area contributed by atoms with E-state index in [0.29, 0.717) is 24.3 Å². The third-order valence-electron chi connectivity index (χ3n) is 4.51. The Balaban J connectivity index is 1.51. The number of nitrogens with one attached hydrogen (secondary N) is 1. The van der Waals surface area contributed by atoms with Crippen molar-refractivity contribution in [2.45, 2.75) is 43.3 Å². The maximum Gasteiger partial charge on any atom is 0.252 e. The van der Waals surface area contributed by atoms with Crippen LogP contribution in [-0.4, -0.2) is 41.5 Å². The van der Waals surface area contributed by atoms with Crippen LogP contribution in [0.2, 0.25) is 0 Å². The van der Waals surface area contributed by atoms with Crippen LogP contribution in [0, 0.1) is 6.92 Å². The first-order valence-corrected chi connectivity index (χ1v) is 10.3. The average molecular weight is 388 g/mol. The molecule has 1 fully saturated rings. The van der Waals surface area contributed by atoms with E-state index in [2.05, 4.69) is 10.5 Å². The van der Waals surface area contributed by atoms with Crippen molar-refractivity contribution in [3.8, 4) is 0 Å². The summed E-state index contributed by atoms with van der Waals surface area (Å²) in [6.45, 7) is 3.92. The van der Waals surface area contributed by atoms with Gasteiger partial charge in [-0.15, -0.1) is 11.8 Å². The highest BCUT2D eigenvalue weighted by atomic mass is 32.2. The van der Waals surface area contributed by atoms with Crippen LogP contribution in [0.5, 0.6) is 0 Å². The molecule has 1 aromatic carbocycles. The van der Waals surface area contributed by atoms with Crippen LogP contribution in [0.15, 0.2) is 39.8 Å². The monoisotopic (exact) mass is 387 g/mol. The van der Waals surface area contributed by atoms with Gasteiger partial charge in [0.1, 0.15) is 5.76 Å². The molecule has 0 unspecified atom stereocenters. The Hall–Kier alpha value is -2.28. The largest absolute Gasteiger partial charge is 0.360 e. The van der Waals surface area contributed by atoms with E-state index >= 15 is 0 Å². The molecule has 1 aromatic heterocycles. The molecule has 7 heteroatoms. The summed E-state index contributed by atoms with van der Waals surface area (Å²) in [5.74, 6) is 1.36. The normalized spacial score (nSPS) is 14.2. The molecule has 1 N–H and O–H groups in total. The predicted molar refractivity (Wildman–Crippen MR) is 105 cm³/mol. The summed E-state index contributed by atoms with van der Waals surface area (Å²) in [4.78, 5) is 27.5. The molecule has 2 heterocycles. The minimum atomic E-state index is -0.154. The van der Waals surface area contributed by atoms with Crippen LogP contribution >= 0.6 is 11.8 Å². The van der Waals surface area contributed by atoms with Crippen molar-refractivity contribution in [1.29, 1.82) is 0 Å². The van der Waals surface area contributed by atoms with Gasteiger partial charge in [0.25, 0.3) is 5.91 Å². The van der Waals surface area contributed by atoms with E-state index in [-0.39, 0.29) is 11.8 Å². The van der Waals surface area contributed by atoms with E-state index in [1.807, 2.05) is 36.1 Å². The van der Waals surface area contributed by atoms with Crippen molar-refractivity contribution in [2.24, 2.45) is 0 Å². The zero-order valence-corrected chi connectivity index (χ0v) is 16.4. The fourth-order valence-electron chi connectivity index (χ4n) is 3.09. The van der Waals surface area contributed by atoms with Gasteiger partial charge in [0.2, 0.25) is 5.91 Å². The number of hydrogen-bond donors (Lipinski definition) is 1. The molecular weight excluding hydrogens is 362 g/mol. The van der Waals surface area contributed by atoms with Crippen molar-refractivity contribution in [2.75, 3.05) is 19.6 Å². The smallest absolute Gasteiger partial charge is 0.252 e. The van der Waals surface area contributed by atoms with Crippen LogP contribution in [0.3, 0.4) is 0 Å². The minimum Gasteiger partial charge on any atom is -0.360 e. The second kappa shape index (κ2) is 9.60. The molecule has 3 rings (SSSR count). The van der Waals surface area contributed by atoms with E-state index in [1.165, 1.54) is 18.2 Å². The van der Waals surface area contributed by atoms with Crippen molar-refractivity contribution >= 4 is 23.6 Å².